The largest absolute Gasteiger partial charge is 0.393 e. The van der Waals surface area contributed by atoms with Gasteiger partial charge in [0.15, 0.2) is 0 Å². The number of rotatable bonds is 6. The molecule has 6 nitrogen and oxygen atoms in total. The highest BCUT2D eigenvalue weighted by atomic mass is 16.5. The minimum absolute atomic E-state index is 0.00681. The maximum atomic E-state index is 13.3. The number of ether oxygens (including phenoxy) is 1. The Labute approximate surface area is 184 Å². The van der Waals surface area contributed by atoms with Gasteiger partial charge in [-0.3, -0.25) is 9.59 Å². The standard InChI is InChI=1S/C25H34N2O4/c28-22-12-20(13-22)23(29)26-10-8-25(9-11-26)14-21(16-31-15-18-6-7-18)27(17-25)24(30)19-4-2-1-3-5-19/h1-5,18,20-22,28H,6-17H2/t20?,21-,22?/m0/s1. The SMILES string of the molecule is O=C(C1CC(O)C1)N1CCC2(CC1)C[C@@H](COCC1CC1)N(C(=O)c1ccccc1)C2. The first-order valence-corrected chi connectivity index (χ1v) is 11.9. The Kier molecular flexibility index (Phi) is 5.78. The van der Waals surface area contributed by atoms with Gasteiger partial charge in [0.1, 0.15) is 0 Å². The number of amides is 2. The first-order valence-electron chi connectivity index (χ1n) is 11.9. The number of aliphatic hydroxyl groups excluding tert-OH is 1. The van der Waals surface area contributed by atoms with Gasteiger partial charge in [-0.15, -0.1) is 0 Å². The summed E-state index contributed by atoms with van der Waals surface area (Å²) in [5.41, 5.74) is 0.816. The number of hydrogen-bond acceptors (Lipinski definition) is 4. The minimum Gasteiger partial charge on any atom is -0.393 e. The first-order chi connectivity index (χ1) is 15.0. The third-order valence-electron chi connectivity index (χ3n) is 7.86. The predicted octanol–water partition coefficient (Wildman–Crippen LogP) is 2.71. The molecule has 2 heterocycles. The van der Waals surface area contributed by atoms with Crippen LogP contribution in [-0.2, 0) is 9.53 Å². The fourth-order valence-electron chi connectivity index (χ4n) is 5.56. The fraction of sp³-hybridized carbons (Fsp3) is 0.680. The maximum Gasteiger partial charge on any atom is 0.254 e. The Bertz CT molecular complexity index is 795. The molecule has 0 radical (unpaired) electrons. The number of benzene rings is 1. The molecular formula is C25H34N2O4. The van der Waals surface area contributed by atoms with Gasteiger partial charge >= 0.3 is 0 Å². The number of carbonyl (C=O) groups is 2. The Balaban J connectivity index is 1.24. The highest BCUT2D eigenvalue weighted by Gasteiger charge is 2.48. The maximum absolute atomic E-state index is 13.3. The summed E-state index contributed by atoms with van der Waals surface area (Å²) in [5, 5.41) is 9.53. The van der Waals surface area contributed by atoms with Gasteiger partial charge < -0.3 is 19.6 Å². The van der Waals surface area contributed by atoms with Crippen molar-refractivity contribution in [2.24, 2.45) is 17.3 Å². The average molecular weight is 427 g/mol. The van der Waals surface area contributed by atoms with Gasteiger partial charge in [-0.2, -0.15) is 0 Å². The number of nitrogens with zero attached hydrogens (tertiary/aromatic N) is 2. The smallest absolute Gasteiger partial charge is 0.254 e. The molecule has 2 saturated carbocycles. The molecule has 31 heavy (non-hydrogen) atoms. The van der Waals surface area contributed by atoms with Gasteiger partial charge in [0, 0.05) is 37.7 Å². The van der Waals surface area contributed by atoms with Crippen LogP contribution in [0.5, 0.6) is 0 Å². The summed E-state index contributed by atoms with van der Waals surface area (Å²) in [6.45, 7) is 3.69. The van der Waals surface area contributed by atoms with Gasteiger partial charge in [-0.05, 0) is 68.4 Å². The molecule has 1 aromatic rings. The zero-order chi connectivity index (χ0) is 21.4. The first kappa shape index (κ1) is 21.0. The summed E-state index contributed by atoms with van der Waals surface area (Å²) < 4.78 is 6.03. The van der Waals surface area contributed by atoms with Crippen molar-refractivity contribution in [3.05, 3.63) is 35.9 Å². The molecule has 2 aliphatic carbocycles. The lowest BCUT2D eigenvalue weighted by Crippen LogP contribution is -2.49. The Hall–Kier alpha value is -1.92. The summed E-state index contributed by atoms with van der Waals surface area (Å²) in [7, 11) is 0. The third kappa shape index (κ3) is 4.51. The predicted molar refractivity (Wildman–Crippen MR) is 116 cm³/mol. The van der Waals surface area contributed by atoms with Crippen molar-refractivity contribution in [2.45, 2.75) is 57.1 Å². The quantitative estimate of drug-likeness (QED) is 0.759. The Morgan fingerprint density at radius 3 is 2.42 bits per heavy atom. The van der Waals surface area contributed by atoms with Crippen LogP contribution in [0.2, 0.25) is 0 Å². The van der Waals surface area contributed by atoms with E-state index in [1.54, 1.807) is 0 Å². The number of aliphatic hydroxyl groups is 1. The molecule has 0 unspecified atom stereocenters. The van der Waals surface area contributed by atoms with Crippen LogP contribution in [-0.4, -0.2) is 71.7 Å². The second kappa shape index (κ2) is 8.55. The van der Waals surface area contributed by atoms with Crippen molar-refractivity contribution in [2.75, 3.05) is 32.8 Å². The lowest BCUT2D eigenvalue weighted by atomic mass is 9.75. The molecule has 5 rings (SSSR count). The number of likely N-dealkylation sites (tertiary alicyclic amines) is 2. The van der Waals surface area contributed by atoms with E-state index in [-0.39, 0.29) is 35.3 Å². The second-order valence-corrected chi connectivity index (χ2v) is 10.3. The Morgan fingerprint density at radius 2 is 1.77 bits per heavy atom. The topological polar surface area (TPSA) is 70.1 Å². The van der Waals surface area contributed by atoms with Crippen molar-refractivity contribution in [1.82, 2.24) is 9.80 Å². The summed E-state index contributed by atoms with van der Waals surface area (Å²) in [4.78, 5) is 30.0. The van der Waals surface area contributed by atoms with E-state index in [2.05, 4.69) is 0 Å². The van der Waals surface area contributed by atoms with E-state index in [9.17, 15) is 14.7 Å². The molecule has 1 N–H and O–H groups in total. The minimum atomic E-state index is -0.297. The van der Waals surface area contributed by atoms with E-state index in [4.69, 9.17) is 4.74 Å². The van der Waals surface area contributed by atoms with Crippen LogP contribution in [0.25, 0.3) is 0 Å². The second-order valence-electron chi connectivity index (χ2n) is 10.3. The third-order valence-corrected chi connectivity index (χ3v) is 7.86. The molecule has 1 aromatic carbocycles. The lowest BCUT2D eigenvalue weighted by molar-refractivity contribution is -0.144. The highest BCUT2D eigenvalue weighted by molar-refractivity contribution is 5.94. The van der Waals surface area contributed by atoms with Gasteiger partial charge in [0.2, 0.25) is 5.91 Å². The van der Waals surface area contributed by atoms with E-state index in [1.165, 1.54) is 12.8 Å². The van der Waals surface area contributed by atoms with Gasteiger partial charge in [0.05, 0.1) is 18.8 Å². The normalized spacial score (nSPS) is 29.8. The lowest BCUT2D eigenvalue weighted by Gasteiger charge is -2.42. The summed E-state index contributed by atoms with van der Waals surface area (Å²) in [6, 6.07) is 9.66. The summed E-state index contributed by atoms with van der Waals surface area (Å²) >= 11 is 0. The molecule has 1 spiro atoms. The van der Waals surface area contributed by atoms with Crippen LogP contribution in [0.15, 0.2) is 30.3 Å². The zero-order valence-electron chi connectivity index (χ0n) is 18.2. The zero-order valence-corrected chi connectivity index (χ0v) is 18.2. The average Bonchev–Trinajstić information content (AvgIpc) is 3.53. The molecule has 4 fully saturated rings. The van der Waals surface area contributed by atoms with Crippen LogP contribution >= 0.6 is 0 Å². The number of piperidine rings is 1. The van der Waals surface area contributed by atoms with E-state index >= 15 is 0 Å². The van der Waals surface area contributed by atoms with Crippen molar-refractivity contribution >= 4 is 11.8 Å². The van der Waals surface area contributed by atoms with Crippen LogP contribution in [0, 0.1) is 17.3 Å². The molecule has 0 aromatic heterocycles. The van der Waals surface area contributed by atoms with E-state index < -0.39 is 0 Å². The molecule has 4 aliphatic rings. The number of hydrogen-bond donors (Lipinski definition) is 1. The highest BCUT2D eigenvalue weighted by Crippen LogP contribution is 2.45. The molecule has 1 atom stereocenters. The van der Waals surface area contributed by atoms with E-state index in [0.29, 0.717) is 25.4 Å². The van der Waals surface area contributed by atoms with Crippen LogP contribution in [0.3, 0.4) is 0 Å². The van der Waals surface area contributed by atoms with Crippen molar-refractivity contribution in [3.63, 3.8) is 0 Å². The number of carbonyl (C=O) groups excluding carboxylic acids is 2. The summed E-state index contributed by atoms with van der Waals surface area (Å²) in [5.74, 6) is 1.03. The van der Waals surface area contributed by atoms with E-state index in [0.717, 1.165) is 51.1 Å². The van der Waals surface area contributed by atoms with Crippen molar-refractivity contribution < 1.29 is 19.4 Å². The monoisotopic (exact) mass is 426 g/mol. The van der Waals surface area contributed by atoms with Gasteiger partial charge in [-0.1, -0.05) is 18.2 Å². The Morgan fingerprint density at radius 1 is 1.06 bits per heavy atom. The van der Waals surface area contributed by atoms with Crippen molar-refractivity contribution in [1.29, 1.82) is 0 Å². The van der Waals surface area contributed by atoms with Gasteiger partial charge in [-0.25, -0.2) is 0 Å². The molecule has 2 aliphatic heterocycles. The van der Waals surface area contributed by atoms with Crippen LogP contribution in [0.4, 0.5) is 0 Å². The van der Waals surface area contributed by atoms with Crippen LogP contribution in [0.1, 0.15) is 55.3 Å². The molecule has 168 valence electrons. The van der Waals surface area contributed by atoms with Crippen LogP contribution < -0.4 is 0 Å². The molecule has 2 amide bonds. The molecule has 2 saturated heterocycles. The molecular weight excluding hydrogens is 392 g/mol. The van der Waals surface area contributed by atoms with E-state index in [1.807, 2.05) is 40.1 Å². The molecule has 6 heteroatoms. The van der Waals surface area contributed by atoms with Crippen molar-refractivity contribution in [3.8, 4) is 0 Å². The molecule has 0 bridgehead atoms. The fourth-order valence-corrected chi connectivity index (χ4v) is 5.56. The summed E-state index contributed by atoms with van der Waals surface area (Å²) in [6.07, 6.45) is 6.29. The van der Waals surface area contributed by atoms with Gasteiger partial charge in [0.25, 0.3) is 5.91 Å².